The number of carbonyl (C=O) groups excluding carboxylic acids is 1. The zero-order valence-corrected chi connectivity index (χ0v) is 24.2. The third kappa shape index (κ3) is 5.12. The maximum absolute atomic E-state index is 13.9. The highest BCUT2D eigenvalue weighted by Crippen LogP contribution is 2.40. The summed E-state index contributed by atoms with van der Waals surface area (Å²) in [4.78, 5) is 32.1. The molecule has 0 saturated heterocycles. The van der Waals surface area contributed by atoms with Crippen molar-refractivity contribution in [3.63, 3.8) is 0 Å². The number of thiazole rings is 1. The maximum Gasteiger partial charge on any atom is 0.338 e. The van der Waals surface area contributed by atoms with E-state index in [0.717, 1.165) is 22.3 Å². The van der Waals surface area contributed by atoms with E-state index in [1.807, 2.05) is 48.5 Å². The normalized spacial score (nSPS) is 16.3. The summed E-state index contributed by atoms with van der Waals surface area (Å²) in [6.45, 7) is 16.1. The first kappa shape index (κ1) is 27.6. The van der Waals surface area contributed by atoms with Gasteiger partial charge in [-0.1, -0.05) is 83.2 Å². The average Bonchev–Trinajstić information content (AvgIpc) is 3.12. The summed E-state index contributed by atoms with van der Waals surface area (Å²) in [5, 5.41) is 11.1. The largest absolute Gasteiger partial charge is 0.507 e. The number of aromatic nitrogens is 1. The van der Waals surface area contributed by atoms with Gasteiger partial charge in [-0.2, -0.15) is 0 Å². The van der Waals surface area contributed by atoms with Crippen molar-refractivity contribution in [2.75, 3.05) is 6.61 Å². The number of hydrogen-bond acceptors (Lipinski definition) is 6. The van der Waals surface area contributed by atoms with E-state index in [1.54, 1.807) is 18.4 Å². The SMILES string of the molecule is CCOC(=O)C1=C(C)N=c2sc(=Cc3cc(C(C)(C)C)c(O)c(C(C)(C)C)c3)c(=O)n2C1c1ccccc1. The van der Waals surface area contributed by atoms with E-state index in [4.69, 9.17) is 4.74 Å². The van der Waals surface area contributed by atoms with Gasteiger partial charge < -0.3 is 9.84 Å². The van der Waals surface area contributed by atoms with Crippen LogP contribution in [0.1, 0.15) is 83.7 Å². The van der Waals surface area contributed by atoms with Crippen LogP contribution < -0.4 is 14.9 Å². The molecular weight excluding hydrogens is 496 g/mol. The molecular formula is C31H36N2O4S. The fraction of sp³-hybridized carbons (Fsp3) is 0.387. The summed E-state index contributed by atoms with van der Waals surface area (Å²) in [5.41, 5.74) is 3.40. The van der Waals surface area contributed by atoms with Crippen LogP contribution >= 0.6 is 11.3 Å². The highest BCUT2D eigenvalue weighted by molar-refractivity contribution is 7.07. The van der Waals surface area contributed by atoms with Crippen LogP contribution in [-0.2, 0) is 20.4 Å². The lowest BCUT2D eigenvalue weighted by atomic mass is 9.78. The Balaban J connectivity index is 1.99. The number of ether oxygens (including phenoxy) is 1. The maximum atomic E-state index is 13.9. The number of phenolic OH excluding ortho intramolecular Hbond substituents is 1. The van der Waals surface area contributed by atoms with Gasteiger partial charge in [-0.15, -0.1) is 0 Å². The number of rotatable bonds is 4. The number of benzene rings is 2. The van der Waals surface area contributed by atoms with Crippen molar-refractivity contribution in [1.82, 2.24) is 4.57 Å². The van der Waals surface area contributed by atoms with Gasteiger partial charge in [0.1, 0.15) is 5.75 Å². The predicted octanol–water partition coefficient (Wildman–Crippen LogP) is 5.10. The van der Waals surface area contributed by atoms with Crippen LogP contribution in [0.4, 0.5) is 0 Å². The fourth-order valence-corrected chi connectivity index (χ4v) is 5.82. The smallest absolute Gasteiger partial charge is 0.338 e. The summed E-state index contributed by atoms with van der Waals surface area (Å²) < 4.78 is 7.47. The van der Waals surface area contributed by atoms with E-state index in [9.17, 15) is 14.7 Å². The molecule has 2 heterocycles. The summed E-state index contributed by atoms with van der Waals surface area (Å²) in [5.74, 6) is -0.178. The minimum Gasteiger partial charge on any atom is -0.507 e. The van der Waals surface area contributed by atoms with Crippen molar-refractivity contribution >= 4 is 23.4 Å². The molecule has 0 amide bonds. The standard InChI is InChI=1S/C31H36N2O4S/c1-9-37-28(36)24-18(2)32-29-33(25(24)20-13-11-10-12-14-20)27(35)23(38-29)17-19-15-21(30(3,4)5)26(34)22(16-19)31(6,7)8/h10-17,25,34H,9H2,1-8H3. The number of allylic oxidation sites excluding steroid dienone is 1. The van der Waals surface area contributed by atoms with Gasteiger partial charge in [0.25, 0.3) is 5.56 Å². The number of fused-ring (bicyclic) bond motifs is 1. The third-order valence-corrected chi connectivity index (χ3v) is 7.66. The molecule has 6 nitrogen and oxygen atoms in total. The zero-order chi connectivity index (χ0) is 28.0. The molecule has 1 aromatic heterocycles. The first-order chi connectivity index (χ1) is 17.7. The number of esters is 1. The molecule has 1 atom stereocenters. The second kappa shape index (κ2) is 10.0. The van der Waals surface area contributed by atoms with Crippen molar-refractivity contribution in [1.29, 1.82) is 0 Å². The minimum atomic E-state index is -0.635. The number of nitrogens with zero attached hydrogens (tertiary/aromatic N) is 2. The molecule has 0 radical (unpaired) electrons. The molecule has 0 aliphatic carbocycles. The van der Waals surface area contributed by atoms with Crippen LogP contribution in [-0.4, -0.2) is 22.2 Å². The lowest BCUT2D eigenvalue weighted by molar-refractivity contribution is -0.139. The number of hydrogen-bond donors (Lipinski definition) is 1. The zero-order valence-electron chi connectivity index (χ0n) is 23.4. The molecule has 2 aromatic carbocycles. The Bertz CT molecular complexity index is 1560. The van der Waals surface area contributed by atoms with Crippen molar-refractivity contribution in [2.24, 2.45) is 4.99 Å². The van der Waals surface area contributed by atoms with Gasteiger partial charge >= 0.3 is 5.97 Å². The van der Waals surface area contributed by atoms with E-state index >= 15 is 0 Å². The summed E-state index contributed by atoms with van der Waals surface area (Å²) in [6.07, 6.45) is 1.86. The van der Waals surface area contributed by atoms with Crippen LogP contribution in [0, 0.1) is 0 Å². The van der Waals surface area contributed by atoms with E-state index in [1.165, 1.54) is 11.3 Å². The predicted molar refractivity (Wildman–Crippen MR) is 152 cm³/mol. The molecule has 4 rings (SSSR count). The van der Waals surface area contributed by atoms with Crippen LogP contribution in [0.2, 0.25) is 0 Å². The summed E-state index contributed by atoms with van der Waals surface area (Å²) in [6, 6.07) is 12.8. The molecule has 0 fully saturated rings. The topological polar surface area (TPSA) is 80.9 Å². The van der Waals surface area contributed by atoms with E-state index in [0.29, 0.717) is 26.4 Å². The minimum absolute atomic E-state index is 0.223. The Morgan fingerprint density at radius 3 is 2.18 bits per heavy atom. The molecule has 7 heteroatoms. The van der Waals surface area contributed by atoms with E-state index in [-0.39, 0.29) is 23.0 Å². The molecule has 1 aliphatic heterocycles. The van der Waals surface area contributed by atoms with Gasteiger partial charge in [0, 0.05) is 11.1 Å². The van der Waals surface area contributed by atoms with Crippen molar-refractivity contribution < 1.29 is 14.6 Å². The van der Waals surface area contributed by atoms with Gasteiger partial charge in [-0.25, -0.2) is 9.79 Å². The molecule has 1 unspecified atom stereocenters. The number of phenols is 1. The van der Waals surface area contributed by atoms with Crippen LogP contribution in [0.3, 0.4) is 0 Å². The van der Waals surface area contributed by atoms with Gasteiger partial charge in [-0.3, -0.25) is 9.36 Å². The van der Waals surface area contributed by atoms with Gasteiger partial charge in [0.2, 0.25) is 0 Å². The summed E-state index contributed by atoms with van der Waals surface area (Å²) in [7, 11) is 0. The first-order valence-corrected chi connectivity index (χ1v) is 13.7. The Morgan fingerprint density at radius 2 is 1.66 bits per heavy atom. The second-order valence-corrected chi connectivity index (χ2v) is 12.7. The quantitative estimate of drug-likeness (QED) is 0.474. The average molecular weight is 533 g/mol. The molecule has 0 bridgehead atoms. The molecule has 200 valence electrons. The van der Waals surface area contributed by atoms with E-state index < -0.39 is 12.0 Å². The van der Waals surface area contributed by atoms with E-state index in [2.05, 4.69) is 46.5 Å². The molecule has 0 saturated carbocycles. The Morgan fingerprint density at radius 1 is 1.08 bits per heavy atom. The highest BCUT2D eigenvalue weighted by Gasteiger charge is 2.33. The highest BCUT2D eigenvalue weighted by atomic mass is 32.1. The van der Waals surface area contributed by atoms with Crippen LogP contribution in [0.25, 0.3) is 6.08 Å². The van der Waals surface area contributed by atoms with Gasteiger partial charge in [0.05, 0.1) is 28.5 Å². The molecule has 0 spiro atoms. The summed E-state index contributed by atoms with van der Waals surface area (Å²) >= 11 is 1.30. The monoisotopic (exact) mass is 532 g/mol. The number of aromatic hydroxyl groups is 1. The fourth-order valence-electron chi connectivity index (χ4n) is 4.78. The molecule has 3 aromatic rings. The second-order valence-electron chi connectivity index (χ2n) is 11.7. The lowest BCUT2D eigenvalue weighted by Gasteiger charge is -2.27. The Kier molecular flexibility index (Phi) is 7.28. The molecule has 38 heavy (non-hydrogen) atoms. The van der Waals surface area contributed by atoms with Crippen LogP contribution in [0.5, 0.6) is 5.75 Å². The molecule has 1 aliphatic rings. The van der Waals surface area contributed by atoms with Crippen molar-refractivity contribution in [3.8, 4) is 5.75 Å². The van der Waals surface area contributed by atoms with Crippen molar-refractivity contribution in [3.05, 3.63) is 95.7 Å². The van der Waals surface area contributed by atoms with Crippen molar-refractivity contribution in [2.45, 2.75) is 72.3 Å². The first-order valence-electron chi connectivity index (χ1n) is 12.9. The number of carbonyl (C=O) groups is 1. The van der Waals surface area contributed by atoms with Gasteiger partial charge in [0.15, 0.2) is 4.80 Å². The Hall–Kier alpha value is -3.45. The van der Waals surface area contributed by atoms with Crippen LogP contribution in [0.15, 0.2) is 63.5 Å². The molecule has 1 N–H and O–H groups in total. The third-order valence-electron chi connectivity index (χ3n) is 6.68. The Labute approximate surface area is 227 Å². The lowest BCUT2D eigenvalue weighted by Crippen LogP contribution is -2.39. The van der Waals surface area contributed by atoms with Gasteiger partial charge in [-0.05, 0) is 54.0 Å².